The molecule has 3 aromatic rings. The van der Waals surface area contributed by atoms with Gasteiger partial charge in [-0.3, -0.25) is 4.79 Å². The molecule has 0 aliphatic carbocycles. The summed E-state index contributed by atoms with van der Waals surface area (Å²) in [6.07, 6.45) is -4.11. The molecular formula is C21H16F3N3O5. The molecular weight excluding hydrogens is 431 g/mol. The van der Waals surface area contributed by atoms with Gasteiger partial charge in [-0.2, -0.15) is 18.3 Å². The van der Waals surface area contributed by atoms with Gasteiger partial charge in [0.25, 0.3) is 5.91 Å². The summed E-state index contributed by atoms with van der Waals surface area (Å²) >= 11 is 0. The summed E-state index contributed by atoms with van der Waals surface area (Å²) < 4.78 is 46.0. The van der Waals surface area contributed by atoms with Gasteiger partial charge in [0, 0.05) is 11.3 Å². The second-order valence-electron chi connectivity index (χ2n) is 6.42. The molecule has 0 radical (unpaired) electrons. The van der Waals surface area contributed by atoms with Crippen LogP contribution in [0.25, 0.3) is 5.69 Å². The lowest BCUT2D eigenvalue weighted by Gasteiger charge is -2.13. The molecule has 0 unspecified atom stereocenters. The number of anilines is 1. The number of nitrogens with one attached hydrogen (secondary N) is 1. The number of carbonyl (C=O) groups is 3. The molecule has 0 aliphatic rings. The quantitative estimate of drug-likeness (QED) is 0.553. The van der Waals surface area contributed by atoms with Crippen LogP contribution < -0.4 is 5.32 Å². The number of nitrogens with zero attached hydrogens (tertiary/aromatic N) is 2. The number of carboxylic acid groups (broad SMARTS) is 1. The molecule has 8 nitrogen and oxygen atoms in total. The highest BCUT2D eigenvalue weighted by Crippen LogP contribution is 2.34. The normalized spacial score (nSPS) is 11.1. The summed E-state index contributed by atoms with van der Waals surface area (Å²) in [5.41, 5.74) is -1.71. The number of aromatic carboxylic acids is 1. The van der Waals surface area contributed by atoms with E-state index in [-0.39, 0.29) is 29.1 Å². The predicted octanol–water partition coefficient (Wildman–Crippen LogP) is 4.02. The third kappa shape index (κ3) is 4.77. The third-order valence-electron chi connectivity index (χ3n) is 4.27. The van der Waals surface area contributed by atoms with E-state index < -0.39 is 35.3 Å². The molecule has 2 N–H and O–H groups in total. The molecule has 0 bridgehead atoms. The topological polar surface area (TPSA) is 111 Å². The molecule has 0 aliphatic heterocycles. The molecule has 0 saturated heterocycles. The number of hydrogen-bond donors (Lipinski definition) is 2. The first kappa shape index (κ1) is 22.5. The van der Waals surface area contributed by atoms with E-state index in [1.165, 1.54) is 55.5 Å². The first-order valence-electron chi connectivity index (χ1n) is 9.19. The van der Waals surface area contributed by atoms with E-state index in [4.69, 9.17) is 5.11 Å². The van der Waals surface area contributed by atoms with Gasteiger partial charge in [-0.1, -0.05) is 6.07 Å². The van der Waals surface area contributed by atoms with E-state index >= 15 is 0 Å². The fourth-order valence-corrected chi connectivity index (χ4v) is 2.86. The van der Waals surface area contributed by atoms with Crippen molar-refractivity contribution in [3.63, 3.8) is 0 Å². The summed E-state index contributed by atoms with van der Waals surface area (Å²) in [6, 6.07) is 10.6. The van der Waals surface area contributed by atoms with Gasteiger partial charge in [0.15, 0.2) is 5.69 Å². The van der Waals surface area contributed by atoms with Crippen LogP contribution in [0.2, 0.25) is 0 Å². The van der Waals surface area contributed by atoms with E-state index in [0.717, 1.165) is 6.20 Å². The number of amides is 1. The molecule has 3 rings (SSSR count). The summed E-state index contributed by atoms with van der Waals surface area (Å²) in [7, 11) is 0. The van der Waals surface area contributed by atoms with Crippen molar-refractivity contribution in [3.8, 4) is 5.69 Å². The minimum Gasteiger partial charge on any atom is -0.478 e. The van der Waals surface area contributed by atoms with E-state index in [9.17, 15) is 27.6 Å². The maximum Gasteiger partial charge on any atom is 0.434 e. The average Bonchev–Trinajstić information content (AvgIpc) is 3.20. The summed E-state index contributed by atoms with van der Waals surface area (Å²) in [6.45, 7) is 1.37. The van der Waals surface area contributed by atoms with E-state index in [1.54, 1.807) is 0 Å². The van der Waals surface area contributed by atoms with Crippen LogP contribution in [0.15, 0.2) is 54.7 Å². The summed E-state index contributed by atoms with van der Waals surface area (Å²) in [5.74, 6) is -2.90. The number of esters is 1. The Hall–Kier alpha value is -4.15. The maximum absolute atomic E-state index is 13.6. The lowest BCUT2D eigenvalue weighted by molar-refractivity contribution is -0.143. The van der Waals surface area contributed by atoms with Crippen molar-refractivity contribution in [2.24, 2.45) is 0 Å². The highest BCUT2D eigenvalue weighted by atomic mass is 19.4. The van der Waals surface area contributed by atoms with Crippen LogP contribution in [0.5, 0.6) is 0 Å². The molecule has 32 heavy (non-hydrogen) atoms. The molecule has 2 aromatic carbocycles. The molecule has 0 saturated carbocycles. The Bertz CT molecular complexity index is 1170. The number of carbonyl (C=O) groups excluding carboxylic acids is 2. The third-order valence-corrected chi connectivity index (χ3v) is 4.27. The Morgan fingerprint density at radius 1 is 1.09 bits per heavy atom. The Morgan fingerprint density at radius 2 is 1.78 bits per heavy atom. The van der Waals surface area contributed by atoms with Crippen LogP contribution in [0, 0.1) is 0 Å². The number of alkyl halides is 3. The molecule has 11 heteroatoms. The highest BCUT2D eigenvalue weighted by molar-refractivity contribution is 6.05. The van der Waals surface area contributed by atoms with Gasteiger partial charge in [-0.05, 0) is 49.4 Å². The highest BCUT2D eigenvalue weighted by Gasteiger charge is 2.41. The van der Waals surface area contributed by atoms with Crippen molar-refractivity contribution in [1.29, 1.82) is 0 Å². The van der Waals surface area contributed by atoms with Crippen LogP contribution in [0.1, 0.15) is 43.7 Å². The molecule has 0 atom stereocenters. The molecule has 0 spiro atoms. The number of benzene rings is 2. The zero-order valence-corrected chi connectivity index (χ0v) is 16.5. The van der Waals surface area contributed by atoms with Crippen LogP contribution in [-0.4, -0.2) is 39.3 Å². The van der Waals surface area contributed by atoms with Crippen LogP contribution in [-0.2, 0) is 10.9 Å². The Balaban J connectivity index is 1.87. The van der Waals surface area contributed by atoms with Crippen molar-refractivity contribution in [2.45, 2.75) is 13.1 Å². The van der Waals surface area contributed by atoms with Crippen LogP contribution in [0.4, 0.5) is 18.9 Å². The second-order valence-corrected chi connectivity index (χ2v) is 6.42. The van der Waals surface area contributed by atoms with Crippen molar-refractivity contribution >= 4 is 23.5 Å². The van der Waals surface area contributed by atoms with Crippen molar-refractivity contribution in [1.82, 2.24) is 9.78 Å². The SMILES string of the molecule is CCOC(=O)c1cnn(-c2ccc(C(=O)Nc3cccc(C(=O)O)c3)cc2)c1C(F)(F)F. The van der Waals surface area contributed by atoms with E-state index in [2.05, 4.69) is 15.2 Å². The fourth-order valence-electron chi connectivity index (χ4n) is 2.86. The predicted molar refractivity (Wildman–Crippen MR) is 106 cm³/mol. The monoisotopic (exact) mass is 447 g/mol. The smallest absolute Gasteiger partial charge is 0.434 e. The number of halogens is 3. The van der Waals surface area contributed by atoms with Crippen molar-refractivity contribution < 1.29 is 37.4 Å². The maximum atomic E-state index is 13.6. The van der Waals surface area contributed by atoms with Gasteiger partial charge in [0.1, 0.15) is 5.56 Å². The molecule has 166 valence electrons. The number of carboxylic acids is 1. The number of ether oxygens (including phenoxy) is 1. The lowest BCUT2D eigenvalue weighted by atomic mass is 10.1. The zero-order valence-electron chi connectivity index (χ0n) is 16.5. The average molecular weight is 447 g/mol. The van der Waals surface area contributed by atoms with Gasteiger partial charge in [-0.25, -0.2) is 14.3 Å². The molecule has 1 heterocycles. The van der Waals surface area contributed by atoms with Gasteiger partial charge in [0.2, 0.25) is 0 Å². The fraction of sp³-hybridized carbons (Fsp3) is 0.143. The first-order valence-corrected chi connectivity index (χ1v) is 9.19. The molecule has 0 fully saturated rings. The Morgan fingerprint density at radius 3 is 2.38 bits per heavy atom. The first-order chi connectivity index (χ1) is 15.1. The minimum absolute atomic E-state index is 0.0195. The largest absolute Gasteiger partial charge is 0.478 e. The summed E-state index contributed by atoms with van der Waals surface area (Å²) in [5, 5.41) is 15.2. The van der Waals surface area contributed by atoms with Crippen LogP contribution in [0.3, 0.4) is 0 Å². The lowest BCUT2D eigenvalue weighted by Crippen LogP contribution is -2.18. The van der Waals surface area contributed by atoms with Crippen LogP contribution >= 0.6 is 0 Å². The minimum atomic E-state index is -4.89. The van der Waals surface area contributed by atoms with Crippen molar-refractivity contribution in [3.05, 3.63) is 77.1 Å². The number of rotatable bonds is 6. The van der Waals surface area contributed by atoms with E-state index in [1.807, 2.05) is 0 Å². The molecule has 1 amide bonds. The Kier molecular flexibility index (Phi) is 6.28. The number of hydrogen-bond acceptors (Lipinski definition) is 5. The van der Waals surface area contributed by atoms with E-state index in [0.29, 0.717) is 4.68 Å². The van der Waals surface area contributed by atoms with Gasteiger partial charge in [-0.15, -0.1) is 0 Å². The van der Waals surface area contributed by atoms with Gasteiger partial charge >= 0.3 is 18.1 Å². The standard InChI is InChI=1S/C21H16F3N3O5/c1-2-32-20(31)16-11-25-27(17(16)21(22,23)24)15-8-6-12(7-9-15)18(28)26-14-5-3-4-13(10-14)19(29)30/h3-11H,2H2,1H3,(H,26,28)(H,29,30). The molecule has 1 aromatic heterocycles. The number of aromatic nitrogens is 2. The van der Waals surface area contributed by atoms with Gasteiger partial charge < -0.3 is 15.2 Å². The van der Waals surface area contributed by atoms with Crippen molar-refractivity contribution in [2.75, 3.05) is 11.9 Å². The second kappa shape index (κ2) is 8.92. The zero-order chi connectivity index (χ0) is 23.5. The Labute approximate surface area is 179 Å². The van der Waals surface area contributed by atoms with Gasteiger partial charge in [0.05, 0.1) is 24.1 Å². The summed E-state index contributed by atoms with van der Waals surface area (Å²) in [4.78, 5) is 35.3.